The molecule has 0 unspecified atom stereocenters. The lowest BCUT2D eigenvalue weighted by Crippen LogP contribution is -2.04. The van der Waals surface area contributed by atoms with Crippen LogP contribution in [0.15, 0.2) is 12.3 Å². The SMILES string of the molecule is CCC(=O)Cc1cc(C(=O)OC)cn1C. The molecule has 0 aliphatic rings. The smallest absolute Gasteiger partial charge is 0.339 e. The molecule has 0 radical (unpaired) electrons. The summed E-state index contributed by atoms with van der Waals surface area (Å²) in [7, 11) is 3.15. The fourth-order valence-electron chi connectivity index (χ4n) is 1.34. The van der Waals surface area contributed by atoms with E-state index in [1.165, 1.54) is 7.11 Å². The summed E-state index contributed by atoms with van der Waals surface area (Å²) in [5.74, 6) is -0.214. The first-order valence-corrected chi connectivity index (χ1v) is 4.83. The van der Waals surface area contributed by atoms with E-state index in [0.717, 1.165) is 5.69 Å². The van der Waals surface area contributed by atoms with Crippen LogP contribution in [0.25, 0.3) is 0 Å². The molecular weight excluding hydrogens is 194 g/mol. The molecule has 1 aromatic rings. The van der Waals surface area contributed by atoms with Crippen molar-refractivity contribution in [2.24, 2.45) is 7.05 Å². The summed E-state index contributed by atoms with van der Waals surface area (Å²) in [6, 6.07) is 1.69. The summed E-state index contributed by atoms with van der Waals surface area (Å²) in [5, 5.41) is 0. The number of ether oxygens (including phenoxy) is 1. The van der Waals surface area contributed by atoms with Crippen molar-refractivity contribution >= 4 is 11.8 Å². The van der Waals surface area contributed by atoms with Crippen LogP contribution in [0, 0.1) is 0 Å². The maximum Gasteiger partial charge on any atom is 0.339 e. The van der Waals surface area contributed by atoms with Gasteiger partial charge in [-0.3, -0.25) is 4.79 Å². The van der Waals surface area contributed by atoms with E-state index in [0.29, 0.717) is 18.4 Å². The van der Waals surface area contributed by atoms with Crippen LogP contribution >= 0.6 is 0 Å². The number of Topliss-reactive ketones (excluding diaryl/α,β-unsaturated/α-hetero) is 1. The number of methoxy groups -OCH3 is 1. The molecule has 1 rings (SSSR count). The Morgan fingerprint density at radius 1 is 1.47 bits per heavy atom. The Kier molecular flexibility index (Phi) is 3.66. The average molecular weight is 209 g/mol. The van der Waals surface area contributed by atoms with Crippen LogP contribution < -0.4 is 0 Å². The Morgan fingerprint density at radius 2 is 2.13 bits per heavy atom. The fraction of sp³-hybridized carbons (Fsp3) is 0.455. The highest BCUT2D eigenvalue weighted by molar-refractivity contribution is 5.90. The topological polar surface area (TPSA) is 48.3 Å². The van der Waals surface area contributed by atoms with E-state index in [2.05, 4.69) is 4.74 Å². The van der Waals surface area contributed by atoms with E-state index in [1.807, 2.05) is 14.0 Å². The number of esters is 1. The van der Waals surface area contributed by atoms with Gasteiger partial charge in [-0.25, -0.2) is 4.79 Å². The van der Waals surface area contributed by atoms with Crippen molar-refractivity contribution in [3.05, 3.63) is 23.5 Å². The number of aryl methyl sites for hydroxylation is 1. The first kappa shape index (κ1) is 11.5. The van der Waals surface area contributed by atoms with Crippen LogP contribution in [0.4, 0.5) is 0 Å². The molecule has 0 amide bonds. The first-order chi connectivity index (χ1) is 7.08. The number of hydrogen-bond donors (Lipinski definition) is 0. The lowest BCUT2D eigenvalue weighted by atomic mass is 10.2. The van der Waals surface area contributed by atoms with Gasteiger partial charge >= 0.3 is 5.97 Å². The van der Waals surface area contributed by atoms with Gasteiger partial charge in [0.2, 0.25) is 0 Å². The van der Waals surface area contributed by atoms with Gasteiger partial charge in [0.05, 0.1) is 12.7 Å². The molecule has 0 saturated heterocycles. The van der Waals surface area contributed by atoms with Crippen LogP contribution in [-0.2, 0) is 23.0 Å². The van der Waals surface area contributed by atoms with E-state index in [1.54, 1.807) is 16.8 Å². The van der Waals surface area contributed by atoms with E-state index in [-0.39, 0.29) is 11.8 Å². The molecule has 0 spiro atoms. The monoisotopic (exact) mass is 209 g/mol. The predicted molar refractivity (Wildman–Crippen MR) is 55.8 cm³/mol. The van der Waals surface area contributed by atoms with E-state index >= 15 is 0 Å². The Labute approximate surface area is 88.8 Å². The summed E-state index contributed by atoms with van der Waals surface area (Å²) >= 11 is 0. The summed E-state index contributed by atoms with van der Waals surface area (Å²) in [6.45, 7) is 1.83. The van der Waals surface area contributed by atoms with Crippen LogP contribution in [0.5, 0.6) is 0 Å². The van der Waals surface area contributed by atoms with E-state index < -0.39 is 0 Å². The number of nitrogens with zero attached hydrogens (tertiary/aromatic N) is 1. The number of carbonyl (C=O) groups is 2. The number of carbonyl (C=O) groups excluding carboxylic acids is 2. The zero-order chi connectivity index (χ0) is 11.4. The van der Waals surface area contributed by atoms with Gasteiger partial charge in [0.1, 0.15) is 5.78 Å². The highest BCUT2D eigenvalue weighted by Gasteiger charge is 2.12. The van der Waals surface area contributed by atoms with Crippen molar-refractivity contribution in [3.8, 4) is 0 Å². The molecular formula is C11H15NO3. The summed E-state index contributed by atoms with van der Waals surface area (Å²) in [6.07, 6.45) is 2.55. The van der Waals surface area contributed by atoms with Crippen molar-refractivity contribution in [1.82, 2.24) is 4.57 Å². The molecule has 0 N–H and O–H groups in total. The van der Waals surface area contributed by atoms with Crippen LogP contribution in [0.3, 0.4) is 0 Å². The Morgan fingerprint density at radius 3 is 2.67 bits per heavy atom. The minimum absolute atomic E-state index is 0.160. The maximum atomic E-state index is 11.3. The normalized spacial score (nSPS) is 10.1. The van der Waals surface area contributed by atoms with Gasteiger partial charge in [-0.1, -0.05) is 6.92 Å². The first-order valence-electron chi connectivity index (χ1n) is 4.83. The second kappa shape index (κ2) is 4.77. The van der Waals surface area contributed by atoms with Crippen molar-refractivity contribution in [3.63, 3.8) is 0 Å². The van der Waals surface area contributed by atoms with Crippen molar-refractivity contribution in [2.45, 2.75) is 19.8 Å². The van der Waals surface area contributed by atoms with Crippen LogP contribution in [-0.4, -0.2) is 23.4 Å². The summed E-state index contributed by atoms with van der Waals surface area (Å²) in [4.78, 5) is 22.5. The summed E-state index contributed by atoms with van der Waals surface area (Å²) in [5.41, 5.74) is 1.32. The molecule has 82 valence electrons. The molecule has 0 aliphatic carbocycles. The lowest BCUT2D eigenvalue weighted by Gasteiger charge is -1.99. The van der Waals surface area contributed by atoms with Crippen molar-refractivity contribution in [1.29, 1.82) is 0 Å². The molecule has 4 nitrogen and oxygen atoms in total. The highest BCUT2D eigenvalue weighted by Crippen LogP contribution is 2.10. The third-order valence-electron chi connectivity index (χ3n) is 2.30. The van der Waals surface area contributed by atoms with E-state index in [9.17, 15) is 9.59 Å². The van der Waals surface area contributed by atoms with Crippen molar-refractivity contribution < 1.29 is 14.3 Å². The standard InChI is InChI=1S/C11H15NO3/c1-4-10(13)6-9-5-8(7-12(9)2)11(14)15-3/h5,7H,4,6H2,1-3H3. The molecule has 0 atom stereocenters. The quantitative estimate of drug-likeness (QED) is 0.703. The Balaban J connectivity index is 2.86. The zero-order valence-corrected chi connectivity index (χ0v) is 9.24. The Bertz CT molecular complexity index is 379. The molecule has 0 bridgehead atoms. The minimum Gasteiger partial charge on any atom is -0.465 e. The number of hydrogen-bond acceptors (Lipinski definition) is 3. The van der Waals surface area contributed by atoms with Crippen LogP contribution in [0.1, 0.15) is 29.4 Å². The lowest BCUT2D eigenvalue weighted by molar-refractivity contribution is -0.118. The molecule has 1 heterocycles. The molecule has 4 heteroatoms. The minimum atomic E-state index is -0.374. The largest absolute Gasteiger partial charge is 0.465 e. The highest BCUT2D eigenvalue weighted by atomic mass is 16.5. The molecule has 15 heavy (non-hydrogen) atoms. The van der Waals surface area contributed by atoms with Gasteiger partial charge in [-0.2, -0.15) is 0 Å². The third kappa shape index (κ3) is 2.68. The second-order valence-electron chi connectivity index (χ2n) is 3.39. The van der Waals surface area contributed by atoms with Crippen LogP contribution in [0.2, 0.25) is 0 Å². The van der Waals surface area contributed by atoms with E-state index in [4.69, 9.17) is 0 Å². The average Bonchev–Trinajstić information content (AvgIpc) is 2.59. The molecule has 0 fully saturated rings. The predicted octanol–water partition coefficient (Wildman–Crippen LogP) is 1.33. The van der Waals surface area contributed by atoms with Gasteiger partial charge in [0, 0.05) is 31.8 Å². The Hall–Kier alpha value is -1.58. The number of ketones is 1. The molecule has 0 saturated carbocycles. The van der Waals surface area contributed by atoms with Gasteiger partial charge in [-0.15, -0.1) is 0 Å². The number of rotatable bonds is 4. The second-order valence-corrected chi connectivity index (χ2v) is 3.39. The van der Waals surface area contributed by atoms with Gasteiger partial charge in [-0.05, 0) is 6.07 Å². The van der Waals surface area contributed by atoms with Gasteiger partial charge < -0.3 is 9.30 Å². The zero-order valence-electron chi connectivity index (χ0n) is 9.24. The molecule has 0 aliphatic heterocycles. The maximum absolute atomic E-state index is 11.3. The number of aromatic nitrogens is 1. The fourth-order valence-corrected chi connectivity index (χ4v) is 1.34. The van der Waals surface area contributed by atoms with Crippen molar-refractivity contribution in [2.75, 3.05) is 7.11 Å². The molecule has 1 aromatic heterocycles. The molecule has 0 aromatic carbocycles. The van der Waals surface area contributed by atoms with Gasteiger partial charge in [0.25, 0.3) is 0 Å². The summed E-state index contributed by atoms with van der Waals surface area (Å²) < 4.78 is 6.38. The third-order valence-corrected chi connectivity index (χ3v) is 2.30. The van der Waals surface area contributed by atoms with Gasteiger partial charge in [0.15, 0.2) is 0 Å².